The van der Waals surface area contributed by atoms with Crippen molar-refractivity contribution in [1.82, 2.24) is 15.1 Å². The van der Waals surface area contributed by atoms with Crippen molar-refractivity contribution in [2.45, 2.75) is 45.6 Å². The minimum absolute atomic E-state index is 0.225. The zero-order valence-electron chi connectivity index (χ0n) is 19.1. The first-order valence-electron chi connectivity index (χ1n) is 11.1. The summed E-state index contributed by atoms with van der Waals surface area (Å²) in [5, 5.41) is 2.92. The van der Waals surface area contributed by atoms with Gasteiger partial charge < -0.3 is 19.9 Å². The molecule has 1 aliphatic rings. The molecule has 0 bridgehead atoms. The first-order valence-corrected chi connectivity index (χ1v) is 11.1. The fourth-order valence-electron chi connectivity index (χ4n) is 3.77. The molecule has 5 nitrogen and oxygen atoms in total. The summed E-state index contributed by atoms with van der Waals surface area (Å²) in [6.45, 7) is 6.39. The number of hydrogen-bond acceptors (Lipinski definition) is 3. The van der Waals surface area contributed by atoms with Crippen LogP contribution in [0.3, 0.4) is 0 Å². The van der Waals surface area contributed by atoms with Gasteiger partial charge in [0.25, 0.3) is 0 Å². The van der Waals surface area contributed by atoms with Crippen LogP contribution < -0.4 is 10.1 Å². The number of nitrogens with zero attached hydrogens (tertiary/aromatic N) is 2. The van der Waals surface area contributed by atoms with E-state index in [4.69, 9.17) is 4.74 Å². The summed E-state index contributed by atoms with van der Waals surface area (Å²) >= 11 is 0. The number of urea groups is 1. The van der Waals surface area contributed by atoms with Crippen LogP contribution in [0.15, 0.2) is 48.5 Å². The highest BCUT2D eigenvalue weighted by Crippen LogP contribution is 2.22. The molecule has 2 aromatic rings. The molecular formula is C25H33F2N3O2. The fraction of sp³-hybridized carbons (Fsp3) is 0.480. The molecule has 7 heteroatoms. The molecule has 1 saturated heterocycles. The summed E-state index contributed by atoms with van der Waals surface area (Å²) in [6, 6.07) is 12.7. The van der Waals surface area contributed by atoms with Crippen LogP contribution >= 0.6 is 0 Å². The maximum atomic E-state index is 14.9. The van der Waals surface area contributed by atoms with Crippen LogP contribution in [0.5, 0.6) is 5.75 Å². The molecule has 2 aromatic carbocycles. The van der Waals surface area contributed by atoms with Gasteiger partial charge in [0.2, 0.25) is 0 Å². The molecule has 0 aliphatic carbocycles. The van der Waals surface area contributed by atoms with Crippen molar-refractivity contribution in [3.05, 3.63) is 65.5 Å². The Kier molecular flexibility index (Phi) is 8.45. The van der Waals surface area contributed by atoms with Gasteiger partial charge in [-0.25, -0.2) is 13.6 Å². The van der Waals surface area contributed by atoms with Gasteiger partial charge in [-0.05, 0) is 54.8 Å². The highest BCUT2D eigenvalue weighted by molar-refractivity contribution is 5.74. The number of alkyl halides is 1. The van der Waals surface area contributed by atoms with Crippen molar-refractivity contribution >= 4 is 6.03 Å². The van der Waals surface area contributed by atoms with Gasteiger partial charge in [0.05, 0.1) is 12.6 Å². The Morgan fingerprint density at radius 3 is 2.44 bits per heavy atom. The molecule has 2 atom stereocenters. The number of ether oxygens (including phenoxy) is 1. The number of likely N-dealkylation sites (tertiary alicyclic amines) is 1. The van der Waals surface area contributed by atoms with E-state index in [-0.39, 0.29) is 24.9 Å². The van der Waals surface area contributed by atoms with Crippen LogP contribution in [0.25, 0.3) is 0 Å². The first-order chi connectivity index (χ1) is 15.3. The van der Waals surface area contributed by atoms with E-state index in [1.54, 1.807) is 17.0 Å². The topological polar surface area (TPSA) is 44.8 Å². The van der Waals surface area contributed by atoms with Gasteiger partial charge in [-0.15, -0.1) is 0 Å². The number of piperidine rings is 1. The molecule has 1 aliphatic heterocycles. The number of amides is 2. The number of carbonyl (C=O) groups is 1. The monoisotopic (exact) mass is 445 g/mol. The molecule has 1 fully saturated rings. The van der Waals surface area contributed by atoms with Crippen molar-refractivity contribution in [2.24, 2.45) is 5.92 Å². The third kappa shape index (κ3) is 6.92. The standard InChI is InChI=1S/C25H33F2N3O2/c1-18(2)17-32-22-10-6-19(7-11-22)14-28-25(31)30(15-20-4-8-21(26)9-5-20)24-12-13-29(3)16-23(24)27/h4-11,18,23-24H,12-17H2,1-3H3,(H,28,31)/t23-,24+/m1/s1. The van der Waals surface area contributed by atoms with Crippen molar-refractivity contribution in [3.63, 3.8) is 0 Å². The zero-order valence-corrected chi connectivity index (χ0v) is 19.1. The lowest BCUT2D eigenvalue weighted by Gasteiger charge is -2.39. The number of nitrogens with one attached hydrogen (secondary N) is 1. The highest BCUT2D eigenvalue weighted by Gasteiger charge is 2.35. The van der Waals surface area contributed by atoms with Crippen molar-refractivity contribution in [1.29, 1.82) is 0 Å². The van der Waals surface area contributed by atoms with Crippen LogP contribution in [-0.2, 0) is 13.1 Å². The average Bonchev–Trinajstić information content (AvgIpc) is 2.77. The second kappa shape index (κ2) is 11.3. The predicted octanol–water partition coefficient (Wildman–Crippen LogP) is 4.61. The minimum atomic E-state index is -1.14. The Morgan fingerprint density at radius 2 is 1.81 bits per heavy atom. The molecule has 3 rings (SSSR count). The lowest BCUT2D eigenvalue weighted by molar-refractivity contribution is 0.0571. The van der Waals surface area contributed by atoms with Gasteiger partial charge in [-0.3, -0.25) is 0 Å². The van der Waals surface area contributed by atoms with Gasteiger partial charge in [-0.1, -0.05) is 38.1 Å². The third-order valence-corrected chi connectivity index (χ3v) is 5.59. The largest absolute Gasteiger partial charge is 0.493 e. The molecule has 174 valence electrons. The second-order valence-corrected chi connectivity index (χ2v) is 8.90. The van der Waals surface area contributed by atoms with Crippen LogP contribution in [0.1, 0.15) is 31.4 Å². The lowest BCUT2D eigenvalue weighted by Crippen LogP contribution is -2.55. The Labute approximate surface area is 189 Å². The Bertz CT molecular complexity index is 858. The molecule has 0 radical (unpaired) electrons. The quantitative estimate of drug-likeness (QED) is 0.645. The van der Waals surface area contributed by atoms with E-state index < -0.39 is 12.2 Å². The maximum Gasteiger partial charge on any atom is 0.318 e. The van der Waals surface area contributed by atoms with Crippen LogP contribution in [-0.4, -0.2) is 54.8 Å². The number of hydrogen-bond donors (Lipinski definition) is 1. The molecule has 1 N–H and O–H groups in total. The van der Waals surface area contributed by atoms with E-state index in [0.717, 1.165) is 23.4 Å². The number of benzene rings is 2. The van der Waals surface area contributed by atoms with Gasteiger partial charge in [0.15, 0.2) is 0 Å². The molecule has 32 heavy (non-hydrogen) atoms. The zero-order chi connectivity index (χ0) is 23.1. The number of halogens is 2. The Balaban J connectivity index is 1.65. The molecule has 1 heterocycles. The summed E-state index contributed by atoms with van der Waals surface area (Å²) in [5.74, 6) is 0.895. The summed E-state index contributed by atoms with van der Waals surface area (Å²) < 4.78 is 33.9. The predicted molar refractivity (Wildman–Crippen MR) is 122 cm³/mol. The van der Waals surface area contributed by atoms with Crippen LogP contribution in [0, 0.1) is 11.7 Å². The summed E-state index contributed by atoms with van der Waals surface area (Å²) in [4.78, 5) is 16.6. The molecule has 0 unspecified atom stereocenters. The van der Waals surface area contributed by atoms with E-state index in [1.165, 1.54) is 12.1 Å². The molecule has 0 spiro atoms. The van der Waals surface area contributed by atoms with Gasteiger partial charge >= 0.3 is 6.03 Å². The summed E-state index contributed by atoms with van der Waals surface area (Å²) in [7, 11) is 1.88. The summed E-state index contributed by atoms with van der Waals surface area (Å²) in [6.07, 6.45) is -0.592. The van der Waals surface area contributed by atoms with Crippen molar-refractivity contribution in [2.75, 3.05) is 26.7 Å². The normalized spacial score (nSPS) is 19.1. The Morgan fingerprint density at radius 1 is 1.16 bits per heavy atom. The van der Waals surface area contributed by atoms with Gasteiger partial charge in [-0.2, -0.15) is 0 Å². The smallest absolute Gasteiger partial charge is 0.318 e. The number of carbonyl (C=O) groups excluding carboxylic acids is 1. The SMILES string of the molecule is CC(C)COc1ccc(CNC(=O)N(Cc2ccc(F)cc2)[C@H]2CCN(C)C[C@H]2F)cc1. The van der Waals surface area contributed by atoms with E-state index in [9.17, 15) is 13.6 Å². The van der Waals surface area contributed by atoms with Crippen LogP contribution in [0.2, 0.25) is 0 Å². The number of rotatable bonds is 8. The van der Waals surface area contributed by atoms with Crippen LogP contribution in [0.4, 0.5) is 13.6 Å². The van der Waals surface area contributed by atoms with Gasteiger partial charge in [0.1, 0.15) is 17.7 Å². The molecule has 0 saturated carbocycles. The molecule has 0 aromatic heterocycles. The molecular weight excluding hydrogens is 412 g/mol. The highest BCUT2D eigenvalue weighted by atomic mass is 19.1. The van der Waals surface area contributed by atoms with E-state index in [0.29, 0.717) is 25.5 Å². The van der Waals surface area contributed by atoms with E-state index >= 15 is 0 Å². The second-order valence-electron chi connectivity index (χ2n) is 8.90. The Hall–Kier alpha value is -2.67. The minimum Gasteiger partial charge on any atom is -0.493 e. The average molecular weight is 446 g/mol. The van der Waals surface area contributed by atoms with E-state index in [2.05, 4.69) is 19.2 Å². The summed E-state index contributed by atoms with van der Waals surface area (Å²) in [5.41, 5.74) is 1.69. The van der Waals surface area contributed by atoms with Crippen molar-refractivity contribution in [3.8, 4) is 5.75 Å². The van der Waals surface area contributed by atoms with Gasteiger partial charge in [0, 0.05) is 26.2 Å². The first kappa shape index (κ1) is 24.0. The fourth-order valence-corrected chi connectivity index (χ4v) is 3.77. The lowest BCUT2D eigenvalue weighted by atomic mass is 10.0. The van der Waals surface area contributed by atoms with E-state index in [1.807, 2.05) is 36.2 Å². The third-order valence-electron chi connectivity index (χ3n) is 5.59. The molecule has 2 amide bonds. The van der Waals surface area contributed by atoms with Crippen molar-refractivity contribution < 1.29 is 18.3 Å². The maximum absolute atomic E-state index is 14.9.